The monoisotopic (exact) mass is 264 g/mol. The molecular formula is C12H25ClN2O2. The van der Waals surface area contributed by atoms with Crippen molar-refractivity contribution in [3.8, 4) is 0 Å². The van der Waals surface area contributed by atoms with Crippen molar-refractivity contribution in [3.63, 3.8) is 0 Å². The van der Waals surface area contributed by atoms with Gasteiger partial charge in [0.05, 0.1) is 11.5 Å². The molecule has 1 saturated heterocycles. The number of nitrogens with one attached hydrogen (secondary N) is 2. The molecule has 17 heavy (non-hydrogen) atoms. The lowest BCUT2D eigenvalue weighted by molar-refractivity contribution is -0.129. The highest BCUT2D eigenvalue weighted by atomic mass is 35.5. The van der Waals surface area contributed by atoms with Crippen molar-refractivity contribution in [3.05, 3.63) is 0 Å². The topological polar surface area (TPSA) is 61.4 Å². The van der Waals surface area contributed by atoms with Crippen LogP contribution in [-0.2, 0) is 4.79 Å². The SMILES string of the molecule is CCC(C)C(O)CNC(=O)C1(C)CCNC1.Cl. The van der Waals surface area contributed by atoms with Gasteiger partial charge in [0, 0.05) is 13.1 Å². The maximum Gasteiger partial charge on any atom is 0.227 e. The number of aliphatic hydroxyl groups is 1. The summed E-state index contributed by atoms with van der Waals surface area (Å²) in [4.78, 5) is 11.9. The van der Waals surface area contributed by atoms with E-state index in [1.807, 2.05) is 20.8 Å². The van der Waals surface area contributed by atoms with Crippen LogP contribution < -0.4 is 10.6 Å². The van der Waals surface area contributed by atoms with E-state index in [0.29, 0.717) is 6.54 Å². The van der Waals surface area contributed by atoms with Crippen LogP contribution in [0, 0.1) is 11.3 Å². The number of rotatable bonds is 5. The molecule has 102 valence electrons. The molecule has 0 bridgehead atoms. The predicted octanol–water partition coefficient (Wildman–Crippen LogP) is 0.931. The van der Waals surface area contributed by atoms with Crippen LogP contribution in [0.25, 0.3) is 0 Å². The zero-order chi connectivity index (χ0) is 12.2. The van der Waals surface area contributed by atoms with E-state index in [9.17, 15) is 9.90 Å². The molecule has 0 saturated carbocycles. The van der Waals surface area contributed by atoms with E-state index in [1.54, 1.807) is 0 Å². The fraction of sp³-hybridized carbons (Fsp3) is 0.917. The summed E-state index contributed by atoms with van der Waals surface area (Å²) in [6.45, 7) is 8.01. The van der Waals surface area contributed by atoms with Gasteiger partial charge < -0.3 is 15.7 Å². The van der Waals surface area contributed by atoms with Crippen molar-refractivity contribution in [1.82, 2.24) is 10.6 Å². The van der Waals surface area contributed by atoms with Gasteiger partial charge in [-0.3, -0.25) is 4.79 Å². The van der Waals surface area contributed by atoms with Gasteiger partial charge in [-0.1, -0.05) is 20.3 Å². The third kappa shape index (κ3) is 4.45. The van der Waals surface area contributed by atoms with E-state index in [4.69, 9.17) is 0 Å². The minimum Gasteiger partial charge on any atom is -0.391 e. The molecule has 1 fully saturated rings. The maximum atomic E-state index is 11.9. The zero-order valence-corrected chi connectivity index (χ0v) is 11.8. The number of carbonyl (C=O) groups is 1. The summed E-state index contributed by atoms with van der Waals surface area (Å²) in [5, 5.41) is 15.8. The molecule has 1 aliphatic heterocycles. The summed E-state index contributed by atoms with van der Waals surface area (Å²) in [6, 6.07) is 0. The minimum absolute atomic E-state index is 0. The third-order valence-corrected chi connectivity index (χ3v) is 3.69. The molecular weight excluding hydrogens is 240 g/mol. The average Bonchev–Trinajstić information content (AvgIpc) is 2.72. The number of hydrogen-bond donors (Lipinski definition) is 3. The lowest BCUT2D eigenvalue weighted by atomic mass is 9.88. The van der Waals surface area contributed by atoms with Gasteiger partial charge in [-0.2, -0.15) is 0 Å². The Kier molecular flexibility index (Phi) is 7.05. The molecule has 3 unspecified atom stereocenters. The second-order valence-electron chi connectivity index (χ2n) is 5.15. The van der Waals surface area contributed by atoms with E-state index in [0.717, 1.165) is 25.9 Å². The van der Waals surface area contributed by atoms with Crippen molar-refractivity contribution < 1.29 is 9.90 Å². The Morgan fingerprint density at radius 2 is 2.24 bits per heavy atom. The lowest BCUT2D eigenvalue weighted by Crippen LogP contribution is -2.44. The smallest absolute Gasteiger partial charge is 0.227 e. The first-order valence-electron chi connectivity index (χ1n) is 6.16. The van der Waals surface area contributed by atoms with Crippen molar-refractivity contribution >= 4 is 18.3 Å². The van der Waals surface area contributed by atoms with E-state index in [-0.39, 0.29) is 29.6 Å². The Morgan fingerprint density at radius 1 is 1.59 bits per heavy atom. The second-order valence-corrected chi connectivity index (χ2v) is 5.15. The van der Waals surface area contributed by atoms with Gasteiger partial charge in [0.2, 0.25) is 5.91 Å². The summed E-state index contributed by atoms with van der Waals surface area (Å²) in [7, 11) is 0. The van der Waals surface area contributed by atoms with Gasteiger partial charge in [-0.15, -0.1) is 12.4 Å². The highest BCUT2D eigenvalue weighted by molar-refractivity contribution is 5.85. The van der Waals surface area contributed by atoms with Crippen molar-refractivity contribution in [2.24, 2.45) is 11.3 Å². The molecule has 1 rings (SSSR count). The summed E-state index contributed by atoms with van der Waals surface area (Å²) in [5.41, 5.74) is -0.296. The highest BCUT2D eigenvalue weighted by Gasteiger charge is 2.36. The molecule has 0 radical (unpaired) electrons. The van der Waals surface area contributed by atoms with Crippen LogP contribution in [0.1, 0.15) is 33.6 Å². The molecule has 0 aromatic heterocycles. The Balaban J connectivity index is 0.00000256. The molecule has 1 amide bonds. The molecule has 0 aliphatic carbocycles. The summed E-state index contributed by atoms with van der Waals surface area (Å²) < 4.78 is 0. The van der Waals surface area contributed by atoms with Gasteiger partial charge in [-0.25, -0.2) is 0 Å². The maximum absolute atomic E-state index is 11.9. The summed E-state index contributed by atoms with van der Waals surface area (Å²) >= 11 is 0. The van der Waals surface area contributed by atoms with Crippen LogP contribution in [0.4, 0.5) is 0 Å². The quantitative estimate of drug-likeness (QED) is 0.692. The summed E-state index contributed by atoms with van der Waals surface area (Å²) in [5.74, 6) is 0.287. The fourth-order valence-corrected chi connectivity index (χ4v) is 1.89. The summed E-state index contributed by atoms with van der Waals surface area (Å²) in [6.07, 6.45) is 1.36. The van der Waals surface area contributed by atoms with Crippen LogP contribution in [0.5, 0.6) is 0 Å². The fourth-order valence-electron chi connectivity index (χ4n) is 1.89. The first kappa shape index (κ1) is 16.7. The van der Waals surface area contributed by atoms with E-state index >= 15 is 0 Å². The van der Waals surface area contributed by atoms with Gasteiger partial charge >= 0.3 is 0 Å². The van der Waals surface area contributed by atoms with Gasteiger partial charge in [0.1, 0.15) is 0 Å². The van der Waals surface area contributed by atoms with Crippen LogP contribution in [0.15, 0.2) is 0 Å². The number of carbonyl (C=O) groups excluding carboxylic acids is 1. The Labute approximate surface area is 110 Å². The molecule has 4 nitrogen and oxygen atoms in total. The molecule has 0 spiro atoms. The van der Waals surface area contributed by atoms with Crippen LogP contribution >= 0.6 is 12.4 Å². The average molecular weight is 265 g/mol. The van der Waals surface area contributed by atoms with Crippen LogP contribution in [0.2, 0.25) is 0 Å². The first-order valence-corrected chi connectivity index (χ1v) is 6.16. The van der Waals surface area contributed by atoms with Crippen LogP contribution in [0.3, 0.4) is 0 Å². The van der Waals surface area contributed by atoms with Crippen LogP contribution in [-0.4, -0.2) is 36.8 Å². The number of hydrogen-bond acceptors (Lipinski definition) is 3. The standard InChI is InChI=1S/C12H24N2O2.ClH/c1-4-9(2)10(15)7-14-11(16)12(3)5-6-13-8-12;/h9-10,13,15H,4-8H2,1-3H3,(H,14,16);1H. The third-order valence-electron chi connectivity index (χ3n) is 3.69. The van der Waals surface area contributed by atoms with Crippen molar-refractivity contribution in [1.29, 1.82) is 0 Å². The van der Waals surface area contributed by atoms with E-state index in [1.165, 1.54) is 0 Å². The molecule has 5 heteroatoms. The lowest BCUT2D eigenvalue weighted by Gasteiger charge is -2.24. The molecule has 1 heterocycles. The van der Waals surface area contributed by atoms with Crippen molar-refractivity contribution in [2.45, 2.75) is 39.7 Å². The Bertz CT molecular complexity index is 243. The normalized spacial score (nSPS) is 27.1. The molecule has 3 atom stereocenters. The molecule has 0 aromatic carbocycles. The zero-order valence-electron chi connectivity index (χ0n) is 11.0. The van der Waals surface area contributed by atoms with Gasteiger partial charge in [0.25, 0.3) is 0 Å². The van der Waals surface area contributed by atoms with Gasteiger partial charge in [0.15, 0.2) is 0 Å². The number of amides is 1. The molecule has 0 aromatic rings. The highest BCUT2D eigenvalue weighted by Crippen LogP contribution is 2.24. The first-order chi connectivity index (χ1) is 7.49. The molecule has 3 N–H and O–H groups in total. The molecule has 1 aliphatic rings. The Morgan fingerprint density at radius 3 is 2.71 bits per heavy atom. The van der Waals surface area contributed by atoms with Crippen molar-refractivity contribution in [2.75, 3.05) is 19.6 Å². The van der Waals surface area contributed by atoms with E-state index < -0.39 is 6.10 Å². The van der Waals surface area contributed by atoms with E-state index in [2.05, 4.69) is 10.6 Å². The largest absolute Gasteiger partial charge is 0.391 e. The number of halogens is 1. The Hall–Kier alpha value is -0.320. The number of aliphatic hydroxyl groups excluding tert-OH is 1. The van der Waals surface area contributed by atoms with Gasteiger partial charge in [-0.05, 0) is 25.8 Å². The minimum atomic E-state index is -0.438. The predicted molar refractivity (Wildman–Crippen MR) is 71.3 cm³/mol. The second kappa shape index (κ2) is 7.19.